The zero-order valence-corrected chi connectivity index (χ0v) is 12.7. The van der Waals surface area contributed by atoms with Gasteiger partial charge in [-0.05, 0) is 24.3 Å². The minimum atomic E-state index is -0.468. The average molecular weight is 331 g/mol. The number of halogens is 1. The molecule has 3 rings (SSSR count). The Labute approximate surface area is 135 Å². The second-order valence-electron chi connectivity index (χ2n) is 4.64. The Bertz CT molecular complexity index is 919. The minimum Gasteiger partial charge on any atom is -0.319 e. The summed E-state index contributed by atoms with van der Waals surface area (Å²) in [5, 5.41) is 11.1. The van der Waals surface area contributed by atoms with E-state index in [0.29, 0.717) is 16.4 Å². The van der Waals surface area contributed by atoms with Crippen LogP contribution in [0.1, 0.15) is 10.5 Å². The summed E-state index contributed by atoms with van der Waals surface area (Å²) in [6.45, 7) is 0. The van der Waals surface area contributed by atoms with Crippen LogP contribution in [0.5, 0.6) is 0 Å². The van der Waals surface area contributed by atoms with Gasteiger partial charge in [-0.25, -0.2) is 14.3 Å². The number of benzene rings is 1. The first-order valence-corrected chi connectivity index (χ1v) is 6.92. The van der Waals surface area contributed by atoms with E-state index in [9.17, 15) is 9.59 Å². The summed E-state index contributed by atoms with van der Waals surface area (Å²) in [6, 6.07) is 7.62. The van der Waals surface area contributed by atoms with Crippen molar-refractivity contribution in [3.05, 3.63) is 64.1 Å². The second kappa shape index (κ2) is 6.01. The summed E-state index contributed by atoms with van der Waals surface area (Å²) in [6.07, 6.45) is 2.89. The van der Waals surface area contributed by atoms with Crippen LogP contribution in [0.2, 0.25) is 5.02 Å². The Balaban J connectivity index is 1.96. The Morgan fingerprint density at radius 3 is 2.78 bits per heavy atom. The van der Waals surface area contributed by atoms with Gasteiger partial charge in [-0.2, -0.15) is 10.2 Å². The average Bonchev–Trinajstić information content (AvgIpc) is 3.04. The number of anilines is 1. The van der Waals surface area contributed by atoms with Gasteiger partial charge >= 0.3 is 0 Å². The van der Waals surface area contributed by atoms with Crippen LogP contribution in [0.4, 0.5) is 5.69 Å². The van der Waals surface area contributed by atoms with Crippen LogP contribution in [0.15, 0.2) is 47.8 Å². The van der Waals surface area contributed by atoms with Gasteiger partial charge in [-0.3, -0.25) is 9.59 Å². The molecule has 116 valence electrons. The van der Waals surface area contributed by atoms with Gasteiger partial charge in [0.15, 0.2) is 0 Å². The van der Waals surface area contributed by atoms with Crippen molar-refractivity contribution in [3.63, 3.8) is 0 Å². The third-order valence-corrected chi connectivity index (χ3v) is 3.30. The second-order valence-corrected chi connectivity index (χ2v) is 5.07. The van der Waals surface area contributed by atoms with Crippen LogP contribution >= 0.6 is 11.6 Å². The van der Waals surface area contributed by atoms with Crippen molar-refractivity contribution in [2.75, 3.05) is 5.32 Å². The lowest BCUT2D eigenvalue weighted by Crippen LogP contribution is -2.24. The maximum absolute atomic E-state index is 12.3. The van der Waals surface area contributed by atoms with Crippen molar-refractivity contribution in [1.29, 1.82) is 0 Å². The Morgan fingerprint density at radius 1 is 1.26 bits per heavy atom. The monoisotopic (exact) mass is 330 g/mol. The molecule has 0 aliphatic heterocycles. The van der Waals surface area contributed by atoms with Gasteiger partial charge in [0.25, 0.3) is 11.5 Å². The molecule has 0 saturated heterocycles. The lowest BCUT2D eigenvalue weighted by atomic mass is 10.2. The molecule has 0 aliphatic rings. The van der Waals surface area contributed by atoms with Crippen molar-refractivity contribution < 1.29 is 4.79 Å². The molecule has 0 unspecified atom stereocenters. The van der Waals surface area contributed by atoms with E-state index in [1.807, 2.05) is 0 Å². The zero-order chi connectivity index (χ0) is 16.4. The van der Waals surface area contributed by atoms with Crippen molar-refractivity contribution >= 4 is 23.2 Å². The fraction of sp³-hybridized carbons (Fsp3) is 0.0714. The van der Waals surface area contributed by atoms with Crippen LogP contribution in [0.25, 0.3) is 5.69 Å². The van der Waals surface area contributed by atoms with E-state index in [2.05, 4.69) is 20.5 Å². The van der Waals surface area contributed by atoms with Crippen LogP contribution < -0.4 is 10.9 Å². The van der Waals surface area contributed by atoms with Crippen LogP contribution in [-0.4, -0.2) is 30.5 Å². The first-order chi connectivity index (χ1) is 11.0. The molecule has 8 nitrogen and oxygen atoms in total. The summed E-state index contributed by atoms with van der Waals surface area (Å²) in [4.78, 5) is 27.5. The summed E-state index contributed by atoms with van der Waals surface area (Å²) < 4.78 is 2.59. The minimum absolute atomic E-state index is 0.108. The molecule has 0 spiro atoms. The van der Waals surface area contributed by atoms with Gasteiger partial charge < -0.3 is 5.32 Å². The maximum Gasteiger partial charge on any atom is 0.276 e. The molecule has 1 amide bonds. The van der Waals surface area contributed by atoms with E-state index in [-0.39, 0.29) is 11.3 Å². The number of nitrogens with one attached hydrogen (secondary N) is 1. The molecule has 9 heteroatoms. The summed E-state index contributed by atoms with van der Waals surface area (Å²) in [5.41, 5.74) is 0.859. The number of carbonyl (C=O) groups excluding carboxylic acids is 1. The van der Waals surface area contributed by atoms with Crippen molar-refractivity contribution in [2.24, 2.45) is 7.05 Å². The summed E-state index contributed by atoms with van der Waals surface area (Å²) in [7, 11) is 1.47. The molecule has 0 radical (unpaired) electrons. The first kappa shape index (κ1) is 14.9. The smallest absolute Gasteiger partial charge is 0.276 e. The number of hydrogen-bond donors (Lipinski definition) is 1. The Kier molecular flexibility index (Phi) is 3.90. The van der Waals surface area contributed by atoms with Gasteiger partial charge in [0, 0.05) is 18.1 Å². The van der Waals surface area contributed by atoms with Crippen LogP contribution in [0.3, 0.4) is 0 Å². The third-order valence-electron chi connectivity index (χ3n) is 3.07. The fourth-order valence-corrected chi connectivity index (χ4v) is 2.12. The number of hydrogen-bond acceptors (Lipinski definition) is 5. The number of rotatable bonds is 3. The molecule has 23 heavy (non-hydrogen) atoms. The molecular formula is C14H11ClN6O2. The maximum atomic E-state index is 12.3. The SMILES string of the molecule is Cn1nc(C(=O)Nc2cc(Cl)ccc2-n2cncn2)ccc1=O. The zero-order valence-electron chi connectivity index (χ0n) is 12.0. The quantitative estimate of drug-likeness (QED) is 0.780. The van der Waals surface area contributed by atoms with Crippen LogP contribution in [-0.2, 0) is 7.05 Å². The molecule has 0 bridgehead atoms. The predicted molar refractivity (Wildman–Crippen MR) is 83.8 cm³/mol. The van der Waals surface area contributed by atoms with Gasteiger partial charge in [-0.1, -0.05) is 11.6 Å². The number of amides is 1. The topological polar surface area (TPSA) is 94.7 Å². The Hall–Kier alpha value is -3.00. The largest absolute Gasteiger partial charge is 0.319 e. The number of aromatic nitrogens is 5. The third kappa shape index (κ3) is 3.11. The van der Waals surface area contributed by atoms with Gasteiger partial charge in [0.1, 0.15) is 18.3 Å². The molecule has 1 N–H and O–H groups in total. The molecular weight excluding hydrogens is 320 g/mol. The molecule has 0 fully saturated rings. The molecule has 2 aromatic heterocycles. The molecule has 0 aliphatic carbocycles. The lowest BCUT2D eigenvalue weighted by Gasteiger charge is -2.11. The van der Waals surface area contributed by atoms with E-state index in [4.69, 9.17) is 11.6 Å². The van der Waals surface area contributed by atoms with Crippen molar-refractivity contribution in [1.82, 2.24) is 24.5 Å². The van der Waals surface area contributed by atoms with Gasteiger partial charge in [0.2, 0.25) is 0 Å². The first-order valence-electron chi connectivity index (χ1n) is 6.55. The highest BCUT2D eigenvalue weighted by molar-refractivity contribution is 6.31. The molecule has 2 heterocycles. The predicted octanol–water partition coefficient (Wildman–Crippen LogP) is 1.27. The van der Waals surface area contributed by atoms with Gasteiger partial charge in [0.05, 0.1) is 11.4 Å². The summed E-state index contributed by atoms with van der Waals surface area (Å²) >= 11 is 6.00. The molecule has 0 saturated carbocycles. The highest BCUT2D eigenvalue weighted by atomic mass is 35.5. The van der Waals surface area contributed by atoms with E-state index < -0.39 is 5.91 Å². The number of carbonyl (C=O) groups is 1. The summed E-state index contributed by atoms with van der Waals surface area (Å²) in [5.74, 6) is -0.468. The normalized spacial score (nSPS) is 10.5. The van der Waals surface area contributed by atoms with E-state index in [1.54, 1.807) is 18.2 Å². The highest BCUT2D eigenvalue weighted by Gasteiger charge is 2.13. The van der Waals surface area contributed by atoms with Crippen molar-refractivity contribution in [2.45, 2.75) is 0 Å². The standard InChI is InChI=1S/C14H11ClN6O2/c1-20-13(22)5-3-10(19-20)14(23)18-11-6-9(15)2-4-12(11)21-8-16-7-17-21/h2-8H,1H3,(H,18,23). The van der Waals surface area contributed by atoms with E-state index in [0.717, 1.165) is 4.68 Å². The lowest BCUT2D eigenvalue weighted by molar-refractivity contribution is 0.102. The van der Waals surface area contributed by atoms with E-state index >= 15 is 0 Å². The molecule has 1 aromatic carbocycles. The van der Waals surface area contributed by atoms with Gasteiger partial charge in [-0.15, -0.1) is 0 Å². The fourth-order valence-electron chi connectivity index (χ4n) is 1.95. The Morgan fingerprint density at radius 2 is 2.09 bits per heavy atom. The van der Waals surface area contributed by atoms with E-state index in [1.165, 1.54) is 36.5 Å². The highest BCUT2D eigenvalue weighted by Crippen LogP contribution is 2.24. The number of aryl methyl sites for hydroxylation is 1. The molecule has 3 aromatic rings. The molecule has 0 atom stereocenters. The van der Waals surface area contributed by atoms with Crippen molar-refractivity contribution in [3.8, 4) is 5.69 Å². The number of nitrogens with zero attached hydrogens (tertiary/aromatic N) is 5. The van der Waals surface area contributed by atoms with Crippen LogP contribution in [0, 0.1) is 0 Å².